The van der Waals surface area contributed by atoms with E-state index in [1.807, 2.05) is 31.2 Å². The Morgan fingerprint density at radius 3 is 2.74 bits per heavy atom. The van der Waals surface area contributed by atoms with Crippen molar-refractivity contribution in [3.8, 4) is 5.75 Å². The summed E-state index contributed by atoms with van der Waals surface area (Å²) in [5, 5.41) is 11.9. The number of pyridine rings is 1. The van der Waals surface area contributed by atoms with E-state index in [0.29, 0.717) is 12.4 Å². The zero-order chi connectivity index (χ0) is 13.7. The third-order valence-electron chi connectivity index (χ3n) is 2.46. The Hall–Kier alpha value is -2.56. The minimum absolute atomic E-state index is 0.156. The minimum atomic E-state index is -0.992. The maximum Gasteiger partial charge on any atom is 0.337 e. The summed E-state index contributed by atoms with van der Waals surface area (Å²) in [5.41, 5.74) is 0.948. The zero-order valence-electron chi connectivity index (χ0n) is 10.5. The molecule has 1 heterocycles. The van der Waals surface area contributed by atoms with E-state index in [1.165, 1.54) is 12.3 Å². The molecule has 2 aromatic rings. The number of carbonyl (C=O) groups is 1. The van der Waals surface area contributed by atoms with Crippen LogP contribution in [0.15, 0.2) is 42.6 Å². The predicted molar refractivity (Wildman–Crippen MR) is 72.1 cm³/mol. The van der Waals surface area contributed by atoms with Crippen molar-refractivity contribution < 1.29 is 14.6 Å². The second kappa shape index (κ2) is 5.86. The Kier molecular flexibility index (Phi) is 3.97. The Labute approximate surface area is 110 Å². The van der Waals surface area contributed by atoms with Crippen LogP contribution in [-0.4, -0.2) is 22.7 Å². The van der Waals surface area contributed by atoms with Crippen LogP contribution in [-0.2, 0) is 0 Å². The third-order valence-corrected chi connectivity index (χ3v) is 2.46. The van der Waals surface area contributed by atoms with Gasteiger partial charge in [-0.1, -0.05) is 12.1 Å². The number of rotatable bonds is 5. The van der Waals surface area contributed by atoms with Gasteiger partial charge in [0.2, 0.25) is 0 Å². The van der Waals surface area contributed by atoms with E-state index in [0.717, 1.165) is 11.4 Å². The Morgan fingerprint density at radius 1 is 1.32 bits per heavy atom. The van der Waals surface area contributed by atoms with Gasteiger partial charge in [-0.15, -0.1) is 0 Å². The lowest BCUT2D eigenvalue weighted by Gasteiger charge is -2.11. The first-order chi connectivity index (χ1) is 9.20. The fraction of sp³-hybridized carbons (Fsp3) is 0.143. The van der Waals surface area contributed by atoms with Gasteiger partial charge in [-0.05, 0) is 31.2 Å². The molecule has 0 aliphatic heterocycles. The van der Waals surface area contributed by atoms with Crippen LogP contribution in [0, 0.1) is 0 Å². The maximum atomic E-state index is 10.7. The van der Waals surface area contributed by atoms with Gasteiger partial charge in [0, 0.05) is 6.20 Å². The molecule has 1 aromatic carbocycles. The molecule has 2 N–H and O–H groups in total. The molecule has 98 valence electrons. The molecule has 0 bridgehead atoms. The van der Waals surface area contributed by atoms with Crippen LogP contribution in [0.4, 0.5) is 11.5 Å². The highest BCUT2D eigenvalue weighted by Crippen LogP contribution is 2.26. The molecule has 0 unspecified atom stereocenters. The summed E-state index contributed by atoms with van der Waals surface area (Å²) in [6.45, 7) is 2.49. The largest absolute Gasteiger partial charge is 0.492 e. The molecule has 0 spiro atoms. The number of nitrogens with one attached hydrogen (secondary N) is 1. The van der Waals surface area contributed by atoms with Gasteiger partial charge in [-0.2, -0.15) is 0 Å². The minimum Gasteiger partial charge on any atom is -0.492 e. The molecule has 2 rings (SSSR count). The molecular formula is C14H14N2O3. The summed E-state index contributed by atoms with van der Waals surface area (Å²) < 4.78 is 5.49. The van der Waals surface area contributed by atoms with E-state index >= 15 is 0 Å². The quantitative estimate of drug-likeness (QED) is 0.862. The number of hydrogen-bond acceptors (Lipinski definition) is 4. The second-order valence-electron chi connectivity index (χ2n) is 3.79. The van der Waals surface area contributed by atoms with E-state index in [2.05, 4.69) is 10.3 Å². The fourth-order valence-corrected chi connectivity index (χ4v) is 1.58. The van der Waals surface area contributed by atoms with E-state index < -0.39 is 5.97 Å². The van der Waals surface area contributed by atoms with Gasteiger partial charge in [-0.3, -0.25) is 0 Å². The average molecular weight is 258 g/mol. The van der Waals surface area contributed by atoms with Gasteiger partial charge in [-0.25, -0.2) is 9.78 Å². The predicted octanol–water partition coefficient (Wildman–Crippen LogP) is 2.92. The number of aromatic carboxylic acids is 1. The summed E-state index contributed by atoms with van der Waals surface area (Å²) in [6, 6.07) is 10.6. The van der Waals surface area contributed by atoms with E-state index in [1.54, 1.807) is 6.07 Å². The van der Waals surface area contributed by atoms with Crippen molar-refractivity contribution in [2.45, 2.75) is 6.92 Å². The summed E-state index contributed by atoms with van der Waals surface area (Å²) in [5.74, 6) is 0.306. The van der Waals surface area contributed by atoms with E-state index in [4.69, 9.17) is 9.84 Å². The lowest BCUT2D eigenvalue weighted by Crippen LogP contribution is -2.01. The van der Waals surface area contributed by atoms with Crippen molar-refractivity contribution in [3.05, 3.63) is 48.2 Å². The molecule has 0 aliphatic carbocycles. The Bertz CT molecular complexity index is 567. The molecule has 0 amide bonds. The number of carboxylic acids is 1. The normalized spacial score (nSPS) is 9.95. The number of para-hydroxylation sites is 2. The van der Waals surface area contributed by atoms with Crippen LogP contribution in [0.5, 0.6) is 5.75 Å². The lowest BCUT2D eigenvalue weighted by atomic mass is 10.2. The van der Waals surface area contributed by atoms with Crippen LogP contribution in [0.1, 0.15) is 17.3 Å². The van der Waals surface area contributed by atoms with Gasteiger partial charge in [0.1, 0.15) is 11.6 Å². The summed E-state index contributed by atoms with van der Waals surface area (Å²) in [6.07, 6.45) is 1.31. The highest BCUT2D eigenvalue weighted by atomic mass is 16.5. The number of carboxylic acid groups (broad SMARTS) is 1. The molecule has 0 fully saturated rings. The number of aromatic nitrogens is 1. The highest BCUT2D eigenvalue weighted by Gasteiger charge is 2.05. The zero-order valence-corrected chi connectivity index (χ0v) is 10.5. The summed E-state index contributed by atoms with van der Waals surface area (Å²) >= 11 is 0. The first kappa shape index (κ1) is 12.9. The highest BCUT2D eigenvalue weighted by molar-refractivity contribution is 5.87. The molecule has 0 atom stereocenters. The van der Waals surface area contributed by atoms with E-state index in [9.17, 15) is 4.79 Å². The number of hydrogen-bond donors (Lipinski definition) is 2. The molecule has 5 heteroatoms. The van der Waals surface area contributed by atoms with Gasteiger partial charge >= 0.3 is 5.97 Å². The molecule has 0 radical (unpaired) electrons. The first-order valence-electron chi connectivity index (χ1n) is 5.89. The van der Waals surface area contributed by atoms with Gasteiger partial charge < -0.3 is 15.2 Å². The first-order valence-corrected chi connectivity index (χ1v) is 5.89. The average Bonchev–Trinajstić information content (AvgIpc) is 2.42. The lowest BCUT2D eigenvalue weighted by molar-refractivity contribution is 0.0696. The smallest absolute Gasteiger partial charge is 0.337 e. The van der Waals surface area contributed by atoms with Gasteiger partial charge in [0.05, 0.1) is 17.9 Å². The monoisotopic (exact) mass is 258 g/mol. The van der Waals surface area contributed by atoms with Crippen molar-refractivity contribution >= 4 is 17.5 Å². The topological polar surface area (TPSA) is 71.5 Å². The molecule has 0 saturated heterocycles. The van der Waals surface area contributed by atoms with Crippen LogP contribution in [0.2, 0.25) is 0 Å². The maximum absolute atomic E-state index is 10.7. The van der Waals surface area contributed by atoms with Crippen molar-refractivity contribution in [1.82, 2.24) is 4.98 Å². The molecular weight excluding hydrogens is 244 g/mol. The standard InChI is InChI=1S/C14H14N2O3/c1-2-19-12-6-4-3-5-11(12)16-13-8-7-10(9-15-13)14(17)18/h3-9H,2H2,1H3,(H,15,16)(H,17,18). The number of anilines is 2. The number of benzene rings is 1. The van der Waals surface area contributed by atoms with Crippen LogP contribution in [0.25, 0.3) is 0 Å². The van der Waals surface area contributed by atoms with Crippen molar-refractivity contribution in [1.29, 1.82) is 0 Å². The van der Waals surface area contributed by atoms with Crippen LogP contribution >= 0.6 is 0 Å². The van der Waals surface area contributed by atoms with E-state index in [-0.39, 0.29) is 5.56 Å². The van der Waals surface area contributed by atoms with Crippen molar-refractivity contribution in [2.24, 2.45) is 0 Å². The third kappa shape index (κ3) is 3.22. The van der Waals surface area contributed by atoms with Crippen LogP contribution in [0.3, 0.4) is 0 Å². The molecule has 19 heavy (non-hydrogen) atoms. The Balaban J connectivity index is 2.19. The fourth-order valence-electron chi connectivity index (χ4n) is 1.58. The molecule has 5 nitrogen and oxygen atoms in total. The van der Waals surface area contributed by atoms with Gasteiger partial charge in [0.25, 0.3) is 0 Å². The number of nitrogens with zero attached hydrogens (tertiary/aromatic N) is 1. The number of ether oxygens (including phenoxy) is 1. The summed E-state index contributed by atoms with van der Waals surface area (Å²) in [4.78, 5) is 14.8. The Morgan fingerprint density at radius 2 is 2.11 bits per heavy atom. The molecule has 0 saturated carbocycles. The van der Waals surface area contributed by atoms with Crippen molar-refractivity contribution in [3.63, 3.8) is 0 Å². The van der Waals surface area contributed by atoms with Crippen molar-refractivity contribution in [2.75, 3.05) is 11.9 Å². The SMILES string of the molecule is CCOc1ccccc1Nc1ccc(C(=O)O)cn1. The summed E-state index contributed by atoms with van der Waals surface area (Å²) in [7, 11) is 0. The second-order valence-corrected chi connectivity index (χ2v) is 3.79. The molecule has 1 aromatic heterocycles. The van der Waals surface area contributed by atoms with Gasteiger partial charge in [0.15, 0.2) is 0 Å². The van der Waals surface area contributed by atoms with Crippen LogP contribution < -0.4 is 10.1 Å². The molecule has 0 aliphatic rings.